The SMILES string of the molecule is NC(=O)[C@@H]1CSSC[C@H](NC(=O)CCN=C(N)N)C(=O)N[C@H](CCCN=C(N)N)C(=O)N[C@@H](Cc2ccc3ccccc3c2)C(=O)N1. The van der Waals surface area contributed by atoms with E-state index >= 15 is 0 Å². The molecule has 4 atom stereocenters. The van der Waals surface area contributed by atoms with Crippen molar-refractivity contribution in [1.29, 1.82) is 0 Å². The Morgan fingerprint density at radius 1 is 0.787 bits per heavy atom. The minimum absolute atomic E-state index is 0.0127. The van der Waals surface area contributed by atoms with Gasteiger partial charge in [-0.3, -0.25) is 34.0 Å². The maximum absolute atomic E-state index is 13.7. The summed E-state index contributed by atoms with van der Waals surface area (Å²) in [6.45, 7) is 0.194. The monoisotopic (exact) mass is 687 g/mol. The van der Waals surface area contributed by atoms with Gasteiger partial charge in [0.05, 0.1) is 6.54 Å². The number of carbonyl (C=O) groups excluding carboxylic acids is 5. The van der Waals surface area contributed by atoms with Gasteiger partial charge in [-0.1, -0.05) is 64.1 Å². The van der Waals surface area contributed by atoms with Gasteiger partial charge in [0, 0.05) is 30.9 Å². The van der Waals surface area contributed by atoms with Gasteiger partial charge in [0.1, 0.15) is 24.2 Å². The molecule has 1 fully saturated rings. The zero-order chi connectivity index (χ0) is 34.3. The second-order valence-electron chi connectivity index (χ2n) is 10.7. The van der Waals surface area contributed by atoms with Gasteiger partial charge in [0.2, 0.25) is 29.5 Å². The normalized spacial score (nSPS) is 20.9. The van der Waals surface area contributed by atoms with Crippen LogP contribution in [0.2, 0.25) is 0 Å². The fourth-order valence-corrected chi connectivity index (χ4v) is 6.90. The molecule has 0 bridgehead atoms. The molecule has 47 heavy (non-hydrogen) atoms. The van der Waals surface area contributed by atoms with Crippen LogP contribution in [0.1, 0.15) is 24.8 Å². The molecule has 2 aromatic carbocycles. The van der Waals surface area contributed by atoms with Crippen LogP contribution in [0.15, 0.2) is 52.4 Å². The van der Waals surface area contributed by atoms with Gasteiger partial charge in [0.15, 0.2) is 11.9 Å². The summed E-state index contributed by atoms with van der Waals surface area (Å²) in [5, 5.41) is 12.7. The highest BCUT2D eigenvalue weighted by Crippen LogP contribution is 2.24. The van der Waals surface area contributed by atoms with Crippen LogP contribution in [0.25, 0.3) is 10.8 Å². The third kappa shape index (κ3) is 12.5. The van der Waals surface area contributed by atoms with E-state index in [9.17, 15) is 24.0 Å². The smallest absolute Gasteiger partial charge is 0.244 e. The predicted octanol–water partition coefficient (Wildman–Crippen LogP) is -2.08. The molecule has 5 amide bonds. The van der Waals surface area contributed by atoms with Crippen molar-refractivity contribution in [2.24, 2.45) is 38.7 Å². The van der Waals surface area contributed by atoms with Crippen LogP contribution < -0.4 is 49.9 Å². The Labute approximate surface area is 279 Å². The maximum atomic E-state index is 13.7. The number of fused-ring (bicyclic) bond motifs is 1. The first kappa shape index (κ1) is 36.8. The molecule has 16 nitrogen and oxygen atoms in total. The maximum Gasteiger partial charge on any atom is 0.244 e. The lowest BCUT2D eigenvalue weighted by Crippen LogP contribution is -2.59. The molecule has 1 heterocycles. The molecule has 18 heteroatoms. The fourth-order valence-electron chi connectivity index (χ4n) is 4.56. The predicted molar refractivity (Wildman–Crippen MR) is 185 cm³/mol. The Kier molecular flexibility index (Phi) is 14.4. The van der Waals surface area contributed by atoms with Gasteiger partial charge in [-0.05, 0) is 29.2 Å². The number of hydrogen-bond donors (Lipinski definition) is 9. The number of guanidine groups is 2. The van der Waals surface area contributed by atoms with E-state index in [1.54, 1.807) is 0 Å². The van der Waals surface area contributed by atoms with Gasteiger partial charge in [-0.25, -0.2) is 0 Å². The zero-order valence-electron chi connectivity index (χ0n) is 25.6. The molecule has 2 aromatic rings. The topological polar surface area (TPSA) is 288 Å². The van der Waals surface area contributed by atoms with Crippen LogP contribution in [-0.2, 0) is 30.4 Å². The molecule has 0 unspecified atom stereocenters. The number of benzene rings is 2. The van der Waals surface area contributed by atoms with E-state index in [-0.39, 0.29) is 55.8 Å². The lowest BCUT2D eigenvalue weighted by atomic mass is 10.00. The highest BCUT2D eigenvalue weighted by molar-refractivity contribution is 8.76. The van der Waals surface area contributed by atoms with Gasteiger partial charge < -0.3 is 49.9 Å². The number of nitrogens with one attached hydrogen (secondary N) is 4. The van der Waals surface area contributed by atoms with Crippen LogP contribution in [-0.4, -0.2) is 90.2 Å². The number of aliphatic imine (C=N–C) groups is 2. The second-order valence-corrected chi connectivity index (χ2v) is 13.2. The molecule has 254 valence electrons. The molecular weight excluding hydrogens is 647 g/mol. The molecule has 14 N–H and O–H groups in total. The van der Waals surface area contributed by atoms with Crippen molar-refractivity contribution in [3.05, 3.63) is 48.0 Å². The van der Waals surface area contributed by atoms with Gasteiger partial charge in [-0.2, -0.15) is 0 Å². The minimum atomic E-state index is -1.13. The van der Waals surface area contributed by atoms with Crippen LogP contribution in [0.4, 0.5) is 0 Å². The van der Waals surface area contributed by atoms with Crippen LogP contribution in [0, 0.1) is 0 Å². The lowest BCUT2D eigenvalue weighted by molar-refractivity contribution is -0.134. The van der Waals surface area contributed by atoms with Crippen molar-refractivity contribution < 1.29 is 24.0 Å². The number of carbonyl (C=O) groups is 5. The first-order chi connectivity index (χ1) is 22.4. The van der Waals surface area contributed by atoms with Gasteiger partial charge >= 0.3 is 0 Å². The number of primary amides is 1. The van der Waals surface area contributed by atoms with E-state index in [2.05, 4.69) is 31.3 Å². The molecule has 0 spiro atoms. The van der Waals surface area contributed by atoms with E-state index in [1.165, 1.54) is 21.6 Å². The molecule has 1 saturated heterocycles. The summed E-state index contributed by atoms with van der Waals surface area (Å²) >= 11 is 0. The average Bonchev–Trinajstić information content (AvgIpc) is 3.01. The van der Waals surface area contributed by atoms with Crippen molar-refractivity contribution in [2.45, 2.75) is 49.9 Å². The Hall–Kier alpha value is -4.71. The standard InChI is InChI=1S/C29H41N11O5S2/c30-24(42)21-14-46-47-15-22(37-23(41)9-11-36-29(33)34)27(45)38-19(6-3-10-35-28(31)32)25(43)39-20(26(44)40-21)13-16-7-8-17-4-1-2-5-18(17)12-16/h1-2,4-5,7-8,12,19-22H,3,6,9-11,13-15H2,(H2,30,42)(H,37,41)(H,38,45)(H,39,43)(H,40,44)(H4,31,32,35)(H4,33,34,36)/t19-,20+,21+,22+/m1/s1. The third-order valence-electron chi connectivity index (χ3n) is 6.96. The Morgan fingerprint density at radius 3 is 2.13 bits per heavy atom. The highest BCUT2D eigenvalue weighted by Gasteiger charge is 2.32. The summed E-state index contributed by atoms with van der Waals surface area (Å²) in [6, 6.07) is 8.97. The summed E-state index contributed by atoms with van der Waals surface area (Å²) in [5.74, 6) is -3.33. The van der Waals surface area contributed by atoms with Crippen molar-refractivity contribution in [3.63, 3.8) is 0 Å². The van der Waals surface area contributed by atoms with Crippen LogP contribution in [0.5, 0.6) is 0 Å². The number of hydrogen-bond acceptors (Lipinski definition) is 9. The van der Waals surface area contributed by atoms with E-state index in [0.29, 0.717) is 6.42 Å². The largest absolute Gasteiger partial charge is 0.370 e. The molecule has 0 aromatic heterocycles. The van der Waals surface area contributed by atoms with E-state index in [1.807, 2.05) is 42.5 Å². The Morgan fingerprint density at radius 2 is 1.43 bits per heavy atom. The summed E-state index contributed by atoms with van der Waals surface area (Å²) < 4.78 is 0. The van der Waals surface area contributed by atoms with Crippen LogP contribution in [0.3, 0.4) is 0 Å². The molecule has 1 aliphatic heterocycles. The van der Waals surface area contributed by atoms with Crippen molar-refractivity contribution in [1.82, 2.24) is 21.3 Å². The third-order valence-corrected chi connectivity index (χ3v) is 9.38. The summed E-state index contributed by atoms with van der Waals surface area (Å²) in [4.78, 5) is 73.5. The summed E-state index contributed by atoms with van der Waals surface area (Å²) in [7, 11) is 2.37. The molecule has 0 radical (unpaired) electrons. The van der Waals surface area contributed by atoms with Crippen molar-refractivity contribution >= 4 is 73.8 Å². The number of nitrogens with zero attached hydrogens (tertiary/aromatic N) is 2. The van der Waals surface area contributed by atoms with E-state index in [4.69, 9.17) is 28.7 Å². The minimum Gasteiger partial charge on any atom is -0.370 e. The highest BCUT2D eigenvalue weighted by atomic mass is 33.1. The molecule has 0 aliphatic carbocycles. The van der Waals surface area contributed by atoms with Gasteiger partial charge in [0.25, 0.3) is 0 Å². The van der Waals surface area contributed by atoms with E-state index < -0.39 is 53.7 Å². The second kappa shape index (κ2) is 18.4. The first-order valence-electron chi connectivity index (χ1n) is 14.8. The Balaban J connectivity index is 1.90. The van der Waals surface area contributed by atoms with E-state index in [0.717, 1.165) is 16.3 Å². The number of amides is 5. The number of nitrogens with two attached hydrogens (primary N) is 5. The Bertz CT molecular complexity index is 1500. The average molecular weight is 688 g/mol. The quantitative estimate of drug-likeness (QED) is 0.0535. The lowest BCUT2D eigenvalue weighted by Gasteiger charge is -2.27. The first-order valence-corrected chi connectivity index (χ1v) is 17.2. The molecular formula is C29H41N11O5S2. The summed E-state index contributed by atoms with van der Waals surface area (Å²) in [6.07, 6.45) is 0.407. The van der Waals surface area contributed by atoms with Gasteiger partial charge in [-0.15, -0.1) is 0 Å². The zero-order valence-corrected chi connectivity index (χ0v) is 27.3. The van der Waals surface area contributed by atoms with Crippen molar-refractivity contribution in [3.8, 4) is 0 Å². The molecule has 1 aliphatic rings. The molecule has 0 saturated carbocycles. The fraction of sp³-hybridized carbons (Fsp3) is 0.414. The van der Waals surface area contributed by atoms with Crippen molar-refractivity contribution in [2.75, 3.05) is 24.6 Å². The summed E-state index contributed by atoms with van der Waals surface area (Å²) in [5.41, 5.74) is 27.9. The number of rotatable bonds is 11. The molecule has 3 rings (SSSR count). The van der Waals surface area contributed by atoms with Crippen LogP contribution >= 0.6 is 21.6 Å².